The minimum absolute atomic E-state index is 0.0583. The Hall–Kier alpha value is -1.40. The Morgan fingerprint density at radius 1 is 1.37 bits per heavy atom. The summed E-state index contributed by atoms with van der Waals surface area (Å²) in [6.45, 7) is 3.26. The zero-order valence-corrected chi connectivity index (χ0v) is 11.0. The normalized spacial score (nSPS) is 19.8. The lowest BCUT2D eigenvalue weighted by molar-refractivity contribution is 0.0775. The predicted octanol–water partition coefficient (Wildman–Crippen LogP) is 0.397. The van der Waals surface area contributed by atoms with Gasteiger partial charge in [-0.05, 0) is 25.7 Å². The molecular formula is C13H20N4O2. The number of hydrogen-bond acceptors (Lipinski definition) is 5. The molecule has 0 bridgehead atoms. The minimum Gasteiger partial charge on any atom is -0.383 e. The number of H-pyrrole nitrogens is 1. The first kappa shape index (κ1) is 12.6. The molecule has 2 aliphatic heterocycles. The summed E-state index contributed by atoms with van der Waals surface area (Å²) in [4.78, 5) is 11.7. The van der Waals surface area contributed by atoms with E-state index in [9.17, 15) is 4.79 Å². The number of rotatable bonds is 3. The molecule has 0 amide bonds. The molecule has 1 aromatic heterocycles. The van der Waals surface area contributed by atoms with Gasteiger partial charge in [0.15, 0.2) is 0 Å². The zero-order chi connectivity index (χ0) is 13.1. The average Bonchev–Trinajstić information content (AvgIpc) is 2.48. The van der Waals surface area contributed by atoms with Gasteiger partial charge in [0.25, 0.3) is 5.56 Å². The molecule has 0 saturated carbocycles. The first-order valence-electron chi connectivity index (χ1n) is 7.00. The molecule has 0 spiro atoms. The van der Waals surface area contributed by atoms with Gasteiger partial charge < -0.3 is 15.4 Å². The molecule has 0 aliphatic carbocycles. The molecule has 6 heteroatoms. The summed E-state index contributed by atoms with van der Waals surface area (Å²) in [5, 5.41) is 13.6. The van der Waals surface area contributed by atoms with Crippen molar-refractivity contribution in [3.05, 3.63) is 21.6 Å². The second-order valence-electron chi connectivity index (χ2n) is 5.15. The molecule has 104 valence electrons. The van der Waals surface area contributed by atoms with Crippen molar-refractivity contribution < 1.29 is 4.74 Å². The van der Waals surface area contributed by atoms with Crippen LogP contribution in [0.5, 0.6) is 0 Å². The van der Waals surface area contributed by atoms with Crippen molar-refractivity contribution in [1.82, 2.24) is 15.5 Å². The van der Waals surface area contributed by atoms with Crippen LogP contribution in [0.1, 0.15) is 30.5 Å². The van der Waals surface area contributed by atoms with E-state index in [1.807, 2.05) is 0 Å². The van der Waals surface area contributed by atoms with E-state index in [0.717, 1.165) is 62.4 Å². The van der Waals surface area contributed by atoms with Crippen LogP contribution in [0.3, 0.4) is 0 Å². The third-order valence-corrected chi connectivity index (χ3v) is 3.84. The van der Waals surface area contributed by atoms with Crippen molar-refractivity contribution in [2.24, 2.45) is 0 Å². The van der Waals surface area contributed by atoms with Crippen LogP contribution in [-0.2, 0) is 17.7 Å². The SMILES string of the molecule is O=c1[nH]nc(CNC2CCOCC2)c2c1CCCN2. The lowest BCUT2D eigenvalue weighted by Gasteiger charge is -2.24. The van der Waals surface area contributed by atoms with E-state index in [4.69, 9.17) is 4.74 Å². The highest BCUT2D eigenvalue weighted by Crippen LogP contribution is 2.21. The van der Waals surface area contributed by atoms with Gasteiger partial charge in [0.1, 0.15) is 0 Å². The Bertz CT molecular complexity index is 494. The van der Waals surface area contributed by atoms with Crippen LogP contribution < -0.4 is 16.2 Å². The van der Waals surface area contributed by atoms with Crippen LogP contribution in [0.2, 0.25) is 0 Å². The molecule has 6 nitrogen and oxygen atoms in total. The highest BCUT2D eigenvalue weighted by Gasteiger charge is 2.19. The molecule has 19 heavy (non-hydrogen) atoms. The Morgan fingerprint density at radius 3 is 3.05 bits per heavy atom. The molecule has 0 radical (unpaired) electrons. The molecule has 1 aromatic rings. The van der Waals surface area contributed by atoms with Gasteiger partial charge >= 0.3 is 0 Å². The van der Waals surface area contributed by atoms with Crippen molar-refractivity contribution >= 4 is 5.69 Å². The van der Waals surface area contributed by atoms with Crippen LogP contribution in [0.4, 0.5) is 5.69 Å². The summed E-state index contributed by atoms with van der Waals surface area (Å²) in [5.74, 6) is 0. The van der Waals surface area contributed by atoms with Gasteiger partial charge in [0.05, 0.1) is 11.4 Å². The molecular weight excluding hydrogens is 244 g/mol. The summed E-state index contributed by atoms with van der Waals surface area (Å²) in [6.07, 6.45) is 3.93. The number of aromatic nitrogens is 2. The largest absolute Gasteiger partial charge is 0.383 e. The maximum absolute atomic E-state index is 11.7. The highest BCUT2D eigenvalue weighted by molar-refractivity contribution is 5.55. The van der Waals surface area contributed by atoms with Gasteiger partial charge in [0, 0.05) is 37.9 Å². The standard InChI is InChI=1S/C13H20N4O2/c18-13-10-2-1-5-14-12(10)11(16-17-13)8-15-9-3-6-19-7-4-9/h9,14-15H,1-8H2,(H,17,18). The van der Waals surface area contributed by atoms with Gasteiger partial charge in [-0.2, -0.15) is 5.10 Å². The van der Waals surface area contributed by atoms with Crippen LogP contribution >= 0.6 is 0 Å². The van der Waals surface area contributed by atoms with Gasteiger partial charge in [-0.25, -0.2) is 5.10 Å². The number of nitrogens with one attached hydrogen (secondary N) is 3. The van der Waals surface area contributed by atoms with E-state index in [1.165, 1.54) is 0 Å². The van der Waals surface area contributed by atoms with Gasteiger partial charge in [-0.15, -0.1) is 0 Å². The Labute approximate surface area is 111 Å². The third kappa shape index (κ3) is 2.79. The molecule has 3 N–H and O–H groups in total. The van der Waals surface area contributed by atoms with Crippen molar-refractivity contribution in [2.75, 3.05) is 25.1 Å². The zero-order valence-electron chi connectivity index (χ0n) is 11.0. The van der Waals surface area contributed by atoms with Crippen LogP contribution in [0.25, 0.3) is 0 Å². The number of hydrogen-bond donors (Lipinski definition) is 3. The maximum Gasteiger partial charge on any atom is 0.269 e. The number of nitrogens with zero attached hydrogens (tertiary/aromatic N) is 1. The van der Waals surface area contributed by atoms with E-state index < -0.39 is 0 Å². The Morgan fingerprint density at radius 2 is 2.21 bits per heavy atom. The molecule has 1 fully saturated rings. The molecule has 3 heterocycles. The van der Waals surface area contributed by atoms with Gasteiger partial charge in [0.2, 0.25) is 0 Å². The predicted molar refractivity (Wildman–Crippen MR) is 72.3 cm³/mol. The van der Waals surface area contributed by atoms with Gasteiger partial charge in [-0.1, -0.05) is 0 Å². The second kappa shape index (κ2) is 5.71. The van der Waals surface area contributed by atoms with Gasteiger partial charge in [-0.3, -0.25) is 4.79 Å². The molecule has 3 rings (SSSR count). The van der Waals surface area contributed by atoms with Crippen LogP contribution in [-0.4, -0.2) is 36.0 Å². The summed E-state index contributed by atoms with van der Waals surface area (Å²) >= 11 is 0. The van der Waals surface area contributed by atoms with Crippen molar-refractivity contribution in [2.45, 2.75) is 38.3 Å². The van der Waals surface area contributed by atoms with E-state index in [0.29, 0.717) is 12.6 Å². The van der Waals surface area contributed by atoms with Crippen molar-refractivity contribution in [3.63, 3.8) is 0 Å². The fourth-order valence-electron chi connectivity index (χ4n) is 2.73. The first-order valence-corrected chi connectivity index (χ1v) is 7.00. The molecule has 0 unspecified atom stereocenters. The minimum atomic E-state index is -0.0583. The number of ether oxygens (including phenoxy) is 1. The van der Waals surface area contributed by atoms with E-state index in [-0.39, 0.29) is 5.56 Å². The van der Waals surface area contributed by atoms with Crippen LogP contribution in [0, 0.1) is 0 Å². The smallest absolute Gasteiger partial charge is 0.269 e. The third-order valence-electron chi connectivity index (χ3n) is 3.84. The van der Waals surface area contributed by atoms with E-state index in [2.05, 4.69) is 20.8 Å². The first-order chi connectivity index (χ1) is 9.34. The summed E-state index contributed by atoms with van der Waals surface area (Å²) < 4.78 is 5.34. The van der Waals surface area contributed by atoms with E-state index in [1.54, 1.807) is 0 Å². The lowest BCUT2D eigenvalue weighted by Crippen LogP contribution is -2.35. The monoisotopic (exact) mass is 264 g/mol. The molecule has 0 aromatic carbocycles. The number of fused-ring (bicyclic) bond motifs is 1. The maximum atomic E-state index is 11.7. The molecule has 0 atom stereocenters. The van der Waals surface area contributed by atoms with E-state index >= 15 is 0 Å². The fraction of sp³-hybridized carbons (Fsp3) is 0.692. The quantitative estimate of drug-likeness (QED) is 0.736. The molecule has 1 saturated heterocycles. The van der Waals surface area contributed by atoms with Crippen molar-refractivity contribution in [1.29, 1.82) is 0 Å². The fourth-order valence-corrected chi connectivity index (χ4v) is 2.73. The second-order valence-corrected chi connectivity index (χ2v) is 5.15. The van der Waals surface area contributed by atoms with Crippen molar-refractivity contribution in [3.8, 4) is 0 Å². The highest BCUT2D eigenvalue weighted by atomic mass is 16.5. The Kier molecular flexibility index (Phi) is 3.79. The Balaban J connectivity index is 1.72. The van der Waals surface area contributed by atoms with Crippen LogP contribution in [0.15, 0.2) is 4.79 Å². The number of aromatic amines is 1. The summed E-state index contributed by atoms with van der Waals surface area (Å²) in [5.41, 5.74) is 2.65. The summed E-state index contributed by atoms with van der Waals surface area (Å²) in [7, 11) is 0. The topological polar surface area (TPSA) is 79.0 Å². The lowest BCUT2D eigenvalue weighted by atomic mass is 10.0. The summed E-state index contributed by atoms with van der Waals surface area (Å²) in [6, 6.07) is 0.488. The molecule has 2 aliphatic rings. The number of anilines is 1. The average molecular weight is 264 g/mol.